The molecule has 0 aliphatic heterocycles. The molecule has 14 heavy (non-hydrogen) atoms. The Morgan fingerprint density at radius 2 is 2.14 bits per heavy atom. The smallest absolute Gasteiger partial charge is 0.574 e. The molecule has 0 N–H and O–H groups in total. The van der Waals surface area contributed by atoms with Crippen LogP contribution in [0.15, 0.2) is 22.3 Å². The number of nitro groups is 1. The van der Waals surface area contributed by atoms with E-state index in [0.717, 1.165) is 0 Å². The van der Waals surface area contributed by atoms with Gasteiger partial charge in [-0.05, 0) is 0 Å². The van der Waals surface area contributed by atoms with Crippen LogP contribution in [0.2, 0.25) is 0 Å². The molecular formula is C8H8LiN3O2-2. The van der Waals surface area contributed by atoms with Crippen LogP contribution in [-0.4, -0.2) is 17.0 Å². The molecule has 0 saturated heterocycles. The zero-order valence-electron chi connectivity index (χ0n) is 8.31. The molecule has 0 aromatic rings. The molecule has 70 valence electrons. The van der Waals surface area contributed by atoms with Crippen molar-refractivity contribution in [2.75, 3.05) is 0 Å². The number of amidine groups is 1. The first-order chi connectivity index (χ1) is 5.95. The molecule has 0 unspecified atom stereocenters. The third-order valence-corrected chi connectivity index (χ3v) is 1.11. The van der Waals surface area contributed by atoms with Gasteiger partial charge in [-0.1, -0.05) is 19.4 Å². The van der Waals surface area contributed by atoms with E-state index in [-0.39, 0.29) is 30.3 Å². The van der Waals surface area contributed by atoms with E-state index in [2.05, 4.69) is 11.2 Å². The first-order valence-corrected chi connectivity index (χ1v) is 3.38. The maximum Gasteiger partial charge on any atom is 1.00 e. The second kappa shape index (κ2) is 7.24. The van der Waals surface area contributed by atoms with Crippen molar-refractivity contribution >= 4 is 12.1 Å². The molecule has 5 nitrogen and oxygen atoms in total. The van der Waals surface area contributed by atoms with Crippen molar-refractivity contribution in [3.63, 3.8) is 0 Å². The Kier molecular flexibility index (Phi) is 7.91. The topological polar surface area (TPSA) is 77.8 Å². The van der Waals surface area contributed by atoms with Crippen molar-refractivity contribution in [2.45, 2.75) is 13.8 Å². The fraction of sp³-hybridized carbons (Fsp3) is 0.250. The van der Waals surface area contributed by atoms with Gasteiger partial charge in [-0.25, -0.2) is 12.8 Å². The van der Waals surface area contributed by atoms with Gasteiger partial charge in [0.15, 0.2) is 0 Å². The van der Waals surface area contributed by atoms with Crippen LogP contribution in [0.4, 0.5) is 0 Å². The summed E-state index contributed by atoms with van der Waals surface area (Å²) >= 11 is 0. The quantitative estimate of drug-likeness (QED) is 0.102. The Balaban J connectivity index is 0. The van der Waals surface area contributed by atoms with E-state index in [1.165, 1.54) is 19.9 Å². The Hall–Kier alpha value is -1.18. The molecule has 0 aromatic carbocycles. The molecule has 0 bridgehead atoms. The molecule has 0 aliphatic carbocycles. The van der Waals surface area contributed by atoms with Crippen LogP contribution < -0.4 is 18.9 Å². The maximum atomic E-state index is 10.1. The third-order valence-electron chi connectivity index (χ3n) is 1.11. The third kappa shape index (κ3) is 6.35. The summed E-state index contributed by atoms with van der Waals surface area (Å²) in [6, 6.07) is 0. The predicted molar refractivity (Wildman–Crippen MR) is 50.0 cm³/mol. The second-order valence-corrected chi connectivity index (χ2v) is 2.26. The number of hydrogen-bond donors (Lipinski definition) is 0. The Morgan fingerprint density at radius 3 is 2.50 bits per heavy atom. The second-order valence-electron chi connectivity index (χ2n) is 2.26. The molecule has 0 rings (SSSR count). The SMILES string of the molecule is [CH-]=C(/C(C)=C\[C-]=NC(C)=[N-])[N+](=O)[O-].[Li+]. The summed E-state index contributed by atoms with van der Waals surface area (Å²) in [5.74, 6) is -0.177. The minimum Gasteiger partial charge on any atom is -0.574 e. The Morgan fingerprint density at radius 1 is 1.64 bits per heavy atom. The first-order valence-electron chi connectivity index (χ1n) is 3.38. The van der Waals surface area contributed by atoms with Gasteiger partial charge in [0.1, 0.15) is 5.70 Å². The summed E-state index contributed by atoms with van der Waals surface area (Å²) in [6.07, 6.45) is 3.51. The number of aliphatic imine (C=N–C) groups is 1. The monoisotopic (exact) mass is 185 g/mol. The molecule has 0 amide bonds. The van der Waals surface area contributed by atoms with Gasteiger partial charge in [-0.3, -0.25) is 10.1 Å². The fourth-order valence-corrected chi connectivity index (χ4v) is 0.440. The average Bonchev–Trinajstić information content (AvgIpc) is 2.02. The molecule has 0 saturated carbocycles. The van der Waals surface area contributed by atoms with Crippen LogP contribution in [0.25, 0.3) is 5.41 Å². The van der Waals surface area contributed by atoms with Gasteiger partial charge in [0.05, 0.1) is 0 Å². The Labute approximate surface area is 94.4 Å². The normalized spacial score (nSPS) is 10.9. The van der Waals surface area contributed by atoms with Crippen LogP contribution in [0.5, 0.6) is 0 Å². The van der Waals surface area contributed by atoms with Gasteiger partial charge in [-0.15, -0.1) is 0 Å². The number of hydrogen-bond acceptors (Lipinski definition) is 2. The molecule has 0 aliphatic rings. The van der Waals surface area contributed by atoms with Crippen molar-refractivity contribution in [1.82, 2.24) is 0 Å². The molecule has 0 heterocycles. The van der Waals surface area contributed by atoms with Crippen LogP contribution >= 0.6 is 0 Å². The van der Waals surface area contributed by atoms with Crippen LogP contribution in [0.1, 0.15) is 13.8 Å². The largest absolute Gasteiger partial charge is 1.00 e. The standard InChI is InChI=1S/C8H8N3O2.Li/c1-6(7(2)11(12)13)4-5-10-8(3)9;/h2,4H,1,3H3;/q-3;+1/b6-4-;. The van der Waals surface area contributed by atoms with E-state index in [1.54, 1.807) is 0 Å². The van der Waals surface area contributed by atoms with Gasteiger partial charge in [0.25, 0.3) is 0 Å². The molecule has 6 heteroatoms. The van der Waals surface area contributed by atoms with Crippen molar-refractivity contribution < 1.29 is 23.8 Å². The minimum atomic E-state index is -0.705. The van der Waals surface area contributed by atoms with Gasteiger partial charge in [-0.2, -0.15) is 11.9 Å². The Bertz CT molecular complexity index is 308. The first kappa shape index (κ1) is 15.3. The van der Waals surface area contributed by atoms with Crippen molar-refractivity contribution in [3.05, 3.63) is 39.4 Å². The number of allylic oxidation sites excluding steroid dienone is 2. The maximum absolute atomic E-state index is 10.1. The summed E-state index contributed by atoms with van der Waals surface area (Å²) in [4.78, 5) is 12.8. The van der Waals surface area contributed by atoms with Crippen LogP contribution in [0, 0.1) is 16.7 Å². The zero-order chi connectivity index (χ0) is 10.4. The molecule has 0 atom stereocenters. The van der Waals surface area contributed by atoms with Gasteiger partial charge in [0.2, 0.25) is 0 Å². The van der Waals surface area contributed by atoms with Crippen LogP contribution in [-0.2, 0) is 0 Å². The van der Waals surface area contributed by atoms with E-state index in [4.69, 9.17) is 12.0 Å². The molecule has 0 aromatic heterocycles. The van der Waals surface area contributed by atoms with Crippen molar-refractivity contribution in [3.8, 4) is 0 Å². The summed E-state index contributed by atoms with van der Waals surface area (Å²) in [5, 5.41) is 18.7. The van der Waals surface area contributed by atoms with Crippen LogP contribution in [0.3, 0.4) is 0 Å². The molecule has 0 spiro atoms. The van der Waals surface area contributed by atoms with Gasteiger partial charge < -0.3 is 10.4 Å². The summed E-state index contributed by atoms with van der Waals surface area (Å²) in [7, 11) is 0. The van der Waals surface area contributed by atoms with Crippen molar-refractivity contribution in [2.24, 2.45) is 4.99 Å². The van der Waals surface area contributed by atoms with Gasteiger partial charge >= 0.3 is 18.9 Å². The molecule has 0 fully saturated rings. The van der Waals surface area contributed by atoms with E-state index in [9.17, 15) is 10.1 Å². The zero-order valence-corrected chi connectivity index (χ0v) is 8.31. The number of rotatable bonds is 3. The van der Waals surface area contributed by atoms with Gasteiger partial charge in [0, 0.05) is 4.92 Å². The summed E-state index contributed by atoms with van der Waals surface area (Å²) in [6.45, 7) is 7.88. The average molecular weight is 185 g/mol. The van der Waals surface area contributed by atoms with Crippen molar-refractivity contribution in [1.29, 1.82) is 0 Å². The fourth-order valence-electron chi connectivity index (χ4n) is 0.440. The molecular weight excluding hydrogens is 177 g/mol. The summed E-state index contributed by atoms with van der Waals surface area (Å²) in [5.41, 5.74) is -0.228. The summed E-state index contributed by atoms with van der Waals surface area (Å²) < 4.78 is 0. The predicted octanol–water partition coefficient (Wildman–Crippen LogP) is -1.53. The van der Waals surface area contributed by atoms with E-state index in [1.807, 2.05) is 0 Å². The van der Waals surface area contributed by atoms with E-state index in [0.29, 0.717) is 0 Å². The van der Waals surface area contributed by atoms with E-state index < -0.39 is 10.6 Å². The molecule has 0 radical (unpaired) electrons. The number of nitrogens with zero attached hydrogens (tertiary/aromatic N) is 3. The minimum absolute atomic E-state index is 0. The van der Waals surface area contributed by atoms with E-state index >= 15 is 0 Å².